The maximum absolute atomic E-state index is 12.2. The number of hydrogen-bond donors (Lipinski definition) is 1. The molecule has 2 aromatic rings. The summed E-state index contributed by atoms with van der Waals surface area (Å²) < 4.78 is 5.96. The van der Waals surface area contributed by atoms with Gasteiger partial charge in [-0.3, -0.25) is 14.6 Å². The zero-order chi connectivity index (χ0) is 19.3. The van der Waals surface area contributed by atoms with Gasteiger partial charge in [-0.25, -0.2) is 0 Å². The van der Waals surface area contributed by atoms with Crippen molar-refractivity contribution in [1.82, 2.24) is 9.80 Å². The molecule has 2 saturated heterocycles. The molecule has 6 heteroatoms. The second-order valence-electron chi connectivity index (χ2n) is 7.78. The van der Waals surface area contributed by atoms with E-state index in [1.165, 1.54) is 18.2 Å². The topological polar surface area (TPSA) is 60.2 Å². The predicted octanol–water partition coefficient (Wildman–Crippen LogP) is 2.65. The van der Waals surface area contributed by atoms with E-state index in [9.17, 15) is 9.90 Å². The van der Waals surface area contributed by atoms with Crippen LogP contribution in [0.3, 0.4) is 0 Å². The Balaban J connectivity index is 1.39. The van der Waals surface area contributed by atoms with Crippen molar-refractivity contribution in [3.8, 4) is 5.75 Å². The first kappa shape index (κ1) is 19.0. The first-order chi connectivity index (χ1) is 13.7. The molecule has 0 radical (unpaired) electrons. The fourth-order valence-electron chi connectivity index (χ4n) is 4.12. The maximum Gasteiger partial charge on any atom is 0.227 e. The second kappa shape index (κ2) is 8.80. The lowest BCUT2D eigenvalue weighted by Crippen LogP contribution is -2.46. The second-order valence-corrected chi connectivity index (χ2v) is 7.78. The number of piperidine rings is 1. The highest BCUT2D eigenvalue weighted by Gasteiger charge is 2.21. The number of aromatic hydroxyl groups is 1. The quantitative estimate of drug-likeness (QED) is 0.857. The molecule has 3 heterocycles. The van der Waals surface area contributed by atoms with E-state index in [0.29, 0.717) is 24.6 Å². The Morgan fingerprint density at radius 3 is 2.25 bits per heavy atom. The molecule has 0 saturated carbocycles. The van der Waals surface area contributed by atoms with Crippen LogP contribution in [0.4, 0.5) is 5.69 Å². The molecule has 1 aromatic carbocycles. The molecule has 6 nitrogen and oxygen atoms in total. The first-order valence-corrected chi connectivity index (χ1v) is 10.3. The fourth-order valence-corrected chi connectivity index (χ4v) is 4.12. The first-order valence-electron chi connectivity index (χ1n) is 10.3. The van der Waals surface area contributed by atoms with E-state index in [0.717, 1.165) is 52.1 Å². The molecule has 0 amide bonds. The smallest absolute Gasteiger partial charge is 0.227 e. The van der Waals surface area contributed by atoms with E-state index < -0.39 is 0 Å². The number of piperazine rings is 1. The molecule has 0 atom stereocenters. The normalized spacial score (nSPS) is 19.1. The van der Waals surface area contributed by atoms with Crippen LogP contribution >= 0.6 is 0 Å². The van der Waals surface area contributed by atoms with Crippen LogP contribution in [0.2, 0.25) is 0 Å². The van der Waals surface area contributed by atoms with Gasteiger partial charge in [0.25, 0.3) is 0 Å². The molecule has 2 aliphatic rings. The number of rotatable bonds is 5. The highest BCUT2D eigenvalue weighted by atomic mass is 16.4. The average Bonchev–Trinajstić information content (AvgIpc) is 2.74. The van der Waals surface area contributed by atoms with Gasteiger partial charge in [-0.2, -0.15) is 0 Å². The lowest BCUT2D eigenvalue weighted by molar-refractivity contribution is 0.186. The van der Waals surface area contributed by atoms with Crippen LogP contribution in [0, 0.1) is 0 Å². The standard InChI is InChI=1S/C22H29N3O3/c26-20-15-19(28-21(22(20)27)17-23-9-5-2-6-10-23)16-24-11-13-25(14-12-24)18-7-3-1-4-8-18/h1,3-4,7-8,15,27H,2,5-6,9-14,16-17H2. The molecule has 0 unspecified atom stereocenters. The van der Waals surface area contributed by atoms with E-state index in [2.05, 4.69) is 39.0 Å². The van der Waals surface area contributed by atoms with Crippen LogP contribution in [0.1, 0.15) is 30.8 Å². The Bertz CT molecular complexity index is 823. The molecule has 4 rings (SSSR count). The zero-order valence-corrected chi connectivity index (χ0v) is 16.3. The minimum atomic E-state index is -0.337. The van der Waals surface area contributed by atoms with Crippen molar-refractivity contribution in [3.05, 3.63) is 58.1 Å². The molecular weight excluding hydrogens is 354 g/mol. The summed E-state index contributed by atoms with van der Waals surface area (Å²) in [6, 6.07) is 11.9. The third kappa shape index (κ3) is 4.56. The van der Waals surface area contributed by atoms with Gasteiger partial charge in [0.15, 0.2) is 5.76 Å². The minimum absolute atomic E-state index is 0.233. The Morgan fingerprint density at radius 2 is 1.54 bits per heavy atom. The van der Waals surface area contributed by atoms with Crippen molar-refractivity contribution in [3.63, 3.8) is 0 Å². The average molecular weight is 383 g/mol. The Kier molecular flexibility index (Phi) is 5.98. The van der Waals surface area contributed by atoms with Gasteiger partial charge in [-0.15, -0.1) is 0 Å². The Hall–Kier alpha value is -2.31. The molecule has 28 heavy (non-hydrogen) atoms. The molecule has 0 aliphatic carbocycles. The lowest BCUT2D eigenvalue weighted by atomic mass is 10.1. The van der Waals surface area contributed by atoms with Crippen molar-refractivity contribution in [2.24, 2.45) is 0 Å². The van der Waals surface area contributed by atoms with Crippen molar-refractivity contribution >= 4 is 5.69 Å². The Morgan fingerprint density at radius 1 is 0.857 bits per heavy atom. The fraction of sp³-hybridized carbons (Fsp3) is 0.500. The summed E-state index contributed by atoms with van der Waals surface area (Å²) in [7, 11) is 0. The van der Waals surface area contributed by atoms with Gasteiger partial charge in [-0.05, 0) is 38.1 Å². The monoisotopic (exact) mass is 383 g/mol. The summed E-state index contributed by atoms with van der Waals surface area (Å²) >= 11 is 0. The summed E-state index contributed by atoms with van der Waals surface area (Å²) in [6.45, 7) is 6.84. The zero-order valence-electron chi connectivity index (χ0n) is 16.3. The molecule has 1 N–H and O–H groups in total. The predicted molar refractivity (Wildman–Crippen MR) is 110 cm³/mol. The number of benzene rings is 1. The minimum Gasteiger partial charge on any atom is -0.502 e. The summed E-state index contributed by atoms with van der Waals surface area (Å²) in [5.41, 5.74) is 0.915. The third-order valence-electron chi connectivity index (χ3n) is 5.73. The van der Waals surface area contributed by atoms with Crippen LogP contribution in [0.25, 0.3) is 0 Å². The van der Waals surface area contributed by atoms with Crippen LogP contribution < -0.4 is 10.3 Å². The number of nitrogens with zero attached hydrogens (tertiary/aromatic N) is 3. The van der Waals surface area contributed by atoms with Gasteiger partial charge in [-0.1, -0.05) is 24.6 Å². The van der Waals surface area contributed by atoms with Crippen LogP contribution in [-0.4, -0.2) is 54.2 Å². The SMILES string of the molecule is O=c1cc(CN2CCN(c3ccccc3)CC2)oc(CN2CCCCC2)c1O. The van der Waals surface area contributed by atoms with E-state index in [1.54, 1.807) is 0 Å². The van der Waals surface area contributed by atoms with E-state index in [1.807, 2.05) is 6.07 Å². The highest BCUT2D eigenvalue weighted by molar-refractivity contribution is 5.46. The number of para-hydroxylation sites is 1. The van der Waals surface area contributed by atoms with Crippen LogP contribution in [0.5, 0.6) is 5.75 Å². The maximum atomic E-state index is 12.2. The number of hydrogen-bond acceptors (Lipinski definition) is 6. The largest absolute Gasteiger partial charge is 0.502 e. The molecule has 150 valence electrons. The summed E-state index contributed by atoms with van der Waals surface area (Å²) in [4.78, 5) is 19.2. The van der Waals surface area contributed by atoms with Gasteiger partial charge in [0, 0.05) is 37.9 Å². The number of anilines is 1. The van der Waals surface area contributed by atoms with Crippen molar-refractivity contribution in [2.75, 3.05) is 44.2 Å². The molecule has 1 aromatic heterocycles. The van der Waals surface area contributed by atoms with E-state index in [4.69, 9.17) is 4.42 Å². The van der Waals surface area contributed by atoms with Crippen molar-refractivity contribution < 1.29 is 9.52 Å². The van der Waals surface area contributed by atoms with E-state index >= 15 is 0 Å². The summed E-state index contributed by atoms with van der Waals surface area (Å²) in [6.07, 6.45) is 3.58. The van der Waals surface area contributed by atoms with E-state index in [-0.39, 0.29) is 11.2 Å². The van der Waals surface area contributed by atoms with Crippen LogP contribution in [0.15, 0.2) is 45.6 Å². The molecule has 0 spiro atoms. The summed E-state index contributed by atoms with van der Waals surface area (Å²) in [5.74, 6) is 0.818. The summed E-state index contributed by atoms with van der Waals surface area (Å²) in [5, 5.41) is 10.2. The number of likely N-dealkylation sites (tertiary alicyclic amines) is 1. The van der Waals surface area contributed by atoms with Crippen molar-refractivity contribution in [2.45, 2.75) is 32.4 Å². The van der Waals surface area contributed by atoms with Gasteiger partial charge in [0.2, 0.25) is 11.2 Å². The Labute approximate surface area is 166 Å². The molecule has 0 bridgehead atoms. The highest BCUT2D eigenvalue weighted by Crippen LogP contribution is 2.21. The molecule has 2 fully saturated rings. The molecular formula is C22H29N3O3. The third-order valence-corrected chi connectivity index (χ3v) is 5.73. The van der Waals surface area contributed by atoms with Gasteiger partial charge >= 0.3 is 0 Å². The van der Waals surface area contributed by atoms with Gasteiger partial charge < -0.3 is 14.4 Å². The van der Waals surface area contributed by atoms with Crippen LogP contribution in [-0.2, 0) is 13.1 Å². The van der Waals surface area contributed by atoms with Crippen molar-refractivity contribution in [1.29, 1.82) is 0 Å². The van der Waals surface area contributed by atoms with Gasteiger partial charge in [0.1, 0.15) is 5.76 Å². The molecule has 2 aliphatic heterocycles. The van der Waals surface area contributed by atoms with Gasteiger partial charge in [0.05, 0.1) is 13.1 Å². The lowest BCUT2D eigenvalue weighted by Gasteiger charge is -2.35.